The molecule has 1 atom stereocenters. The molecule has 0 radical (unpaired) electrons. The topological polar surface area (TPSA) is 29.3 Å². The average Bonchev–Trinajstić information content (AvgIpc) is 2.95. The van der Waals surface area contributed by atoms with Crippen LogP contribution in [-0.2, 0) is 6.54 Å². The van der Waals surface area contributed by atoms with Crippen LogP contribution in [-0.4, -0.2) is 18.0 Å². The first-order valence-corrected chi connectivity index (χ1v) is 8.62. The molecule has 1 aromatic carbocycles. The van der Waals surface area contributed by atoms with E-state index in [9.17, 15) is 0 Å². The molecule has 0 saturated heterocycles. The molecule has 0 bridgehead atoms. The zero-order chi connectivity index (χ0) is 14.5. The van der Waals surface area contributed by atoms with Gasteiger partial charge in [0.15, 0.2) is 0 Å². The highest BCUT2D eigenvalue weighted by molar-refractivity contribution is 9.10. The number of thiophene rings is 1. The normalized spacial score (nSPS) is 12.8. The Balaban J connectivity index is 2.26. The van der Waals surface area contributed by atoms with Crippen LogP contribution in [0.5, 0.6) is 0 Å². The van der Waals surface area contributed by atoms with Gasteiger partial charge < -0.3 is 5.73 Å². The molecule has 0 aliphatic rings. The molecule has 0 aliphatic heterocycles. The van der Waals surface area contributed by atoms with Crippen LogP contribution in [0.25, 0.3) is 0 Å². The number of hydrogen-bond acceptors (Lipinski definition) is 3. The zero-order valence-corrected chi connectivity index (χ0v) is 14.5. The van der Waals surface area contributed by atoms with E-state index in [1.54, 1.807) is 11.3 Å². The number of nitrogens with zero attached hydrogens (tertiary/aromatic N) is 1. The van der Waals surface area contributed by atoms with Gasteiger partial charge in [-0.15, -0.1) is 11.3 Å². The maximum atomic E-state index is 6.35. The Morgan fingerprint density at radius 1 is 1.40 bits per heavy atom. The van der Waals surface area contributed by atoms with Gasteiger partial charge in [-0.3, -0.25) is 4.90 Å². The number of nitrogens with two attached hydrogens (primary N) is 1. The van der Waals surface area contributed by atoms with Crippen LogP contribution in [0.2, 0.25) is 5.02 Å². The van der Waals surface area contributed by atoms with Gasteiger partial charge >= 0.3 is 0 Å². The van der Waals surface area contributed by atoms with Crippen molar-refractivity contribution in [3.8, 4) is 0 Å². The molecule has 5 heteroatoms. The van der Waals surface area contributed by atoms with Crippen molar-refractivity contribution < 1.29 is 0 Å². The average molecular weight is 374 g/mol. The number of hydrogen-bond donors (Lipinski definition) is 1. The van der Waals surface area contributed by atoms with Crippen molar-refractivity contribution in [3.05, 3.63) is 55.6 Å². The van der Waals surface area contributed by atoms with E-state index >= 15 is 0 Å². The second-order valence-corrected chi connectivity index (χ2v) is 6.91. The highest BCUT2D eigenvalue weighted by atomic mass is 79.9. The fraction of sp³-hybridized carbons (Fsp3) is 0.333. The summed E-state index contributed by atoms with van der Waals surface area (Å²) in [6, 6.07) is 10.3. The molecule has 2 rings (SSSR count). The number of halogens is 2. The third kappa shape index (κ3) is 3.83. The van der Waals surface area contributed by atoms with Crippen molar-refractivity contribution in [2.24, 2.45) is 5.73 Å². The van der Waals surface area contributed by atoms with Crippen molar-refractivity contribution in [1.82, 2.24) is 4.90 Å². The summed E-state index contributed by atoms with van der Waals surface area (Å²) in [6.07, 6.45) is 0. The van der Waals surface area contributed by atoms with Crippen LogP contribution >= 0.6 is 38.9 Å². The second kappa shape index (κ2) is 7.57. The predicted octanol–water partition coefficient (Wildman–Crippen LogP) is 4.69. The van der Waals surface area contributed by atoms with Crippen molar-refractivity contribution in [2.75, 3.05) is 13.1 Å². The SMILES string of the molecule is CCN(Cc1cccs1)C(CN)c1cc(Br)ccc1Cl. The van der Waals surface area contributed by atoms with Crippen LogP contribution in [0.1, 0.15) is 23.4 Å². The van der Waals surface area contributed by atoms with Crippen LogP contribution in [0.15, 0.2) is 40.2 Å². The molecule has 1 heterocycles. The molecule has 20 heavy (non-hydrogen) atoms. The number of likely N-dealkylation sites (N-methyl/N-ethyl adjacent to an activating group) is 1. The molecule has 1 unspecified atom stereocenters. The van der Waals surface area contributed by atoms with Gasteiger partial charge in [-0.1, -0.05) is 40.5 Å². The van der Waals surface area contributed by atoms with Gasteiger partial charge in [0.05, 0.1) is 0 Å². The molecule has 108 valence electrons. The van der Waals surface area contributed by atoms with Crippen LogP contribution in [0.3, 0.4) is 0 Å². The molecular formula is C15H18BrClN2S. The summed E-state index contributed by atoms with van der Waals surface area (Å²) in [5.41, 5.74) is 7.10. The van der Waals surface area contributed by atoms with E-state index in [2.05, 4.69) is 51.3 Å². The Morgan fingerprint density at radius 2 is 2.20 bits per heavy atom. The molecule has 0 fully saturated rings. The Bertz CT molecular complexity index is 545. The quantitative estimate of drug-likeness (QED) is 0.796. The molecule has 0 aliphatic carbocycles. The van der Waals surface area contributed by atoms with Crippen molar-refractivity contribution in [1.29, 1.82) is 0 Å². The second-order valence-electron chi connectivity index (χ2n) is 4.56. The maximum Gasteiger partial charge on any atom is 0.0489 e. The van der Waals surface area contributed by atoms with E-state index in [1.807, 2.05) is 12.1 Å². The van der Waals surface area contributed by atoms with E-state index in [4.69, 9.17) is 17.3 Å². The minimum atomic E-state index is 0.132. The molecule has 2 aromatic rings. The third-order valence-electron chi connectivity index (χ3n) is 3.33. The van der Waals surface area contributed by atoms with Crippen LogP contribution in [0.4, 0.5) is 0 Å². The molecule has 2 nitrogen and oxygen atoms in total. The zero-order valence-electron chi connectivity index (χ0n) is 11.4. The molecule has 0 spiro atoms. The Labute approximate surface area is 137 Å². The minimum Gasteiger partial charge on any atom is -0.329 e. The largest absolute Gasteiger partial charge is 0.329 e. The monoisotopic (exact) mass is 372 g/mol. The fourth-order valence-corrected chi connectivity index (χ4v) is 3.64. The van der Waals surface area contributed by atoms with Crippen molar-refractivity contribution in [2.45, 2.75) is 19.5 Å². The van der Waals surface area contributed by atoms with Gasteiger partial charge in [-0.2, -0.15) is 0 Å². The standard InChI is InChI=1S/C15H18BrClN2S/c1-2-19(10-12-4-3-7-20-12)15(9-18)13-8-11(16)5-6-14(13)17/h3-8,15H,2,9-10,18H2,1H3. The van der Waals surface area contributed by atoms with Crippen LogP contribution in [0, 0.1) is 0 Å². The molecule has 2 N–H and O–H groups in total. The smallest absolute Gasteiger partial charge is 0.0489 e. The van der Waals surface area contributed by atoms with E-state index in [0.717, 1.165) is 28.1 Å². The first-order chi connectivity index (χ1) is 9.65. The summed E-state index contributed by atoms with van der Waals surface area (Å²) in [4.78, 5) is 3.70. The summed E-state index contributed by atoms with van der Waals surface area (Å²) >= 11 is 11.6. The first-order valence-electron chi connectivity index (χ1n) is 6.57. The van der Waals surface area contributed by atoms with Gasteiger partial charge in [0.1, 0.15) is 0 Å². The summed E-state index contributed by atoms with van der Waals surface area (Å²) < 4.78 is 1.03. The highest BCUT2D eigenvalue weighted by Crippen LogP contribution is 2.31. The Kier molecular flexibility index (Phi) is 6.05. The molecule has 0 amide bonds. The summed E-state index contributed by atoms with van der Waals surface area (Å²) in [7, 11) is 0. The van der Waals surface area contributed by atoms with Gasteiger partial charge in [0, 0.05) is 33.5 Å². The van der Waals surface area contributed by atoms with Gasteiger partial charge in [0.25, 0.3) is 0 Å². The van der Waals surface area contributed by atoms with E-state index in [-0.39, 0.29) is 6.04 Å². The summed E-state index contributed by atoms with van der Waals surface area (Å²) in [6.45, 7) is 4.54. The number of rotatable bonds is 6. The van der Waals surface area contributed by atoms with Crippen LogP contribution < -0.4 is 5.73 Å². The number of benzene rings is 1. The lowest BCUT2D eigenvalue weighted by Crippen LogP contribution is -2.33. The lowest BCUT2D eigenvalue weighted by Gasteiger charge is -2.30. The fourth-order valence-electron chi connectivity index (χ4n) is 2.29. The minimum absolute atomic E-state index is 0.132. The van der Waals surface area contributed by atoms with E-state index in [0.29, 0.717) is 6.54 Å². The summed E-state index contributed by atoms with van der Waals surface area (Å²) in [5, 5.41) is 2.88. The van der Waals surface area contributed by atoms with Gasteiger partial charge in [0.2, 0.25) is 0 Å². The third-order valence-corrected chi connectivity index (χ3v) is 5.02. The van der Waals surface area contributed by atoms with Crippen molar-refractivity contribution in [3.63, 3.8) is 0 Å². The lowest BCUT2D eigenvalue weighted by molar-refractivity contribution is 0.205. The Morgan fingerprint density at radius 3 is 2.80 bits per heavy atom. The first kappa shape index (κ1) is 16.0. The van der Waals surface area contributed by atoms with Gasteiger partial charge in [-0.05, 0) is 41.8 Å². The van der Waals surface area contributed by atoms with Gasteiger partial charge in [-0.25, -0.2) is 0 Å². The maximum absolute atomic E-state index is 6.35. The summed E-state index contributed by atoms with van der Waals surface area (Å²) in [5.74, 6) is 0. The molecule has 1 aromatic heterocycles. The van der Waals surface area contributed by atoms with Crippen molar-refractivity contribution >= 4 is 38.9 Å². The lowest BCUT2D eigenvalue weighted by atomic mass is 10.0. The predicted molar refractivity (Wildman–Crippen MR) is 91.4 cm³/mol. The van der Waals surface area contributed by atoms with E-state index in [1.165, 1.54) is 4.88 Å². The molecule has 0 saturated carbocycles. The Hall–Kier alpha value is -0.390. The highest BCUT2D eigenvalue weighted by Gasteiger charge is 2.21. The molecular weight excluding hydrogens is 356 g/mol. The van der Waals surface area contributed by atoms with E-state index < -0.39 is 0 Å².